The zero-order valence-electron chi connectivity index (χ0n) is 8.31. The van der Waals surface area contributed by atoms with E-state index < -0.39 is 5.82 Å². The van der Waals surface area contributed by atoms with Crippen LogP contribution in [0.5, 0.6) is 0 Å². The number of benzene rings is 1. The highest BCUT2D eigenvalue weighted by Crippen LogP contribution is 2.17. The summed E-state index contributed by atoms with van der Waals surface area (Å²) in [4.78, 5) is 11.3. The molecule has 0 fully saturated rings. The largest absolute Gasteiger partial charge is 0.325 e. The molecule has 0 heterocycles. The highest BCUT2D eigenvalue weighted by atomic mass is 35.5. The fraction of sp³-hybridized carbons (Fsp3) is 0.300. The Bertz CT molecular complexity index is 337. The number of nitrogens with one attached hydrogen (secondary N) is 2. The monoisotopic (exact) mass is 230 g/mol. The van der Waals surface area contributed by atoms with Gasteiger partial charge in [-0.25, -0.2) is 4.39 Å². The number of halogens is 2. The summed E-state index contributed by atoms with van der Waals surface area (Å²) in [5.74, 6) is -0.695. The van der Waals surface area contributed by atoms with Gasteiger partial charge >= 0.3 is 0 Å². The second kappa shape index (κ2) is 5.68. The zero-order valence-corrected chi connectivity index (χ0v) is 9.07. The quantitative estimate of drug-likeness (QED) is 0.831. The van der Waals surface area contributed by atoms with Gasteiger partial charge in [0.2, 0.25) is 5.91 Å². The van der Waals surface area contributed by atoms with Gasteiger partial charge in [0.15, 0.2) is 0 Å². The second-order valence-electron chi connectivity index (χ2n) is 2.99. The molecule has 1 rings (SSSR count). The molecule has 82 valence electrons. The molecule has 0 aliphatic heterocycles. The van der Waals surface area contributed by atoms with Crippen molar-refractivity contribution in [1.82, 2.24) is 5.32 Å². The van der Waals surface area contributed by atoms with Crippen LogP contribution in [0.2, 0.25) is 5.02 Å². The Morgan fingerprint density at radius 1 is 1.47 bits per heavy atom. The average Bonchev–Trinajstić information content (AvgIpc) is 2.13. The van der Waals surface area contributed by atoms with Crippen LogP contribution in [0.3, 0.4) is 0 Å². The van der Waals surface area contributed by atoms with E-state index in [4.69, 9.17) is 11.6 Å². The van der Waals surface area contributed by atoms with Gasteiger partial charge in [0.25, 0.3) is 0 Å². The second-order valence-corrected chi connectivity index (χ2v) is 3.42. The van der Waals surface area contributed by atoms with Crippen molar-refractivity contribution in [1.29, 1.82) is 0 Å². The number of carbonyl (C=O) groups is 1. The Morgan fingerprint density at radius 2 is 2.20 bits per heavy atom. The lowest BCUT2D eigenvalue weighted by Crippen LogP contribution is -2.27. The minimum atomic E-state index is -0.471. The summed E-state index contributed by atoms with van der Waals surface area (Å²) < 4.78 is 12.9. The zero-order chi connectivity index (χ0) is 11.3. The van der Waals surface area contributed by atoms with Gasteiger partial charge in [0.05, 0.1) is 6.54 Å². The molecule has 1 aromatic carbocycles. The summed E-state index contributed by atoms with van der Waals surface area (Å²) in [5.41, 5.74) is 0.364. The molecule has 0 spiro atoms. The first kappa shape index (κ1) is 11.9. The van der Waals surface area contributed by atoms with Gasteiger partial charge in [0, 0.05) is 10.7 Å². The number of likely N-dealkylation sites (N-methyl/N-ethyl adjacent to an activating group) is 1. The molecular weight excluding hydrogens is 219 g/mol. The number of amides is 1. The SMILES string of the molecule is CCNCC(=O)Nc1cc(F)cc(Cl)c1. The molecule has 0 unspecified atom stereocenters. The summed E-state index contributed by atoms with van der Waals surface area (Å²) in [7, 11) is 0. The summed E-state index contributed by atoms with van der Waals surface area (Å²) in [6, 6.07) is 3.89. The van der Waals surface area contributed by atoms with E-state index in [2.05, 4.69) is 10.6 Å². The number of carbonyl (C=O) groups excluding carboxylic acids is 1. The maximum absolute atomic E-state index is 12.9. The van der Waals surface area contributed by atoms with E-state index >= 15 is 0 Å². The van der Waals surface area contributed by atoms with Gasteiger partial charge in [-0.15, -0.1) is 0 Å². The maximum Gasteiger partial charge on any atom is 0.238 e. The Hall–Kier alpha value is -1.13. The predicted octanol–water partition coefficient (Wildman–Crippen LogP) is 2.03. The van der Waals surface area contributed by atoms with Crippen LogP contribution in [0.4, 0.5) is 10.1 Å². The fourth-order valence-electron chi connectivity index (χ4n) is 1.07. The van der Waals surface area contributed by atoms with Crippen molar-refractivity contribution < 1.29 is 9.18 Å². The van der Waals surface area contributed by atoms with Crippen LogP contribution >= 0.6 is 11.6 Å². The first-order valence-corrected chi connectivity index (χ1v) is 4.96. The summed E-state index contributed by atoms with van der Waals surface area (Å²) in [6.07, 6.45) is 0. The lowest BCUT2D eigenvalue weighted by molar-refractivity contribution is -0.115. The van der Waals surface area contributed by atoms with Gasteiger partial charge in [-0.2, -0.15) is 0 Å². The van der Waals surface area contributed by atoms with E-state index in [0.717, 1.165) is 0 Å². The molecule has 3 nitrogen and oxygen atoms in total. The van der Waals surface area contributed by atoms with E-state index in [1.54, 1.807) is 0 Å². The first-order valence-electron chi connectivity index (χ1n) is 4.58. The van der Waals surface area contributed by atoms with Gasteiger partial charge < -0.3 is 10.6 Å². The molecule has 1 amide bonds. The molecular formula is C10H12ClFN2O. The smallest absolute Gasteiger partial charge is 0.238 e. The molecule has 15 heavy (non-hydrogen) atoms. The van der Waals surface area contributed by atoms with Crippen molar-refractivity contribution >= 4 is 23.2 Å². The number of rotatable bonds is 4. The fourth-order valence-corrected chi connectivity index (χ4v) is 1.29. The molecule has 0 radical (unpaired) electrons. The van der Waals surface area contributed by atoms with E-state index in [0.29, 0.717) is 12.2 Å². The molecule has 2 N–H and O–H groups in total. The predicted molar refractivity (Wildman–Crippen MR) is 58.6 cm³/mol. The van der Waals surface area contributed by atoms with Crippen molar-refractivity contribution in [3.8, 4) is 0 Å². The number of hydrogen-bond donors (Lipinski definition) is 2. The topological polar surface area (TPSA) is 41.1 Å². The van der Waals surface area contributed by atoms with E-state index in [-0.39, 0.29) is 17.5 Å². The van der Waals surface area contributed by atoms with Crippen LogP contribution in [0.1, 0.15) is 6.92 Å². The third kappa shape index (κ3) is 4.27. The van der Waals surface area contributed by atoms with Crippen molar-refractivity contribution in [2.45, 2.75) is 6.92 Å². The van der Waals surface area contributed by atoms with Crippen molar-refractivity contribution in [2.75, 3.05) is 18.4 Å². The lowest BCUT2D eigenvalue weighted by atomic mass is 10.3. The molecule has 0 aromatic heterocycles. The molecule has 0 bridgehead atoms. The number of anilines is 1. The minimum absolute atomic E-state index is 0.199. The minimum Gasteiger partial charge on any atom is -0.325 e. The maximum atomic E-state index is 12.9. The van der Waals surface area contributed by atoms with Crippen molar-refractivity contribution in [3.05, 3.63) is 29.0 Å². The van der Waals surface area contributed by atoms with Crippen molar-refractivity contribution in [2.24, 2.45) is 0 Å². The van der Waals surface area contributed by atoms with E-state index in [1.165, 1.54) is 18.2 Å². The Kier molecular flexibility index (Phi) is 4.52. The molecule has 0 saturated carbocycles. The van der Waals surface area contributed by atoms with E-state index in [1.807, 2.05) is 6.92 Å². The molecule has 5 heteroatoms. The van der Waals surface area contributed by atoms with Crippen LogP contribution in [-0.4, -0.2) is 19.0 Å². The van der Waals surface area contributed by atoms with Gasteiger partial charge in [0.1, 0.15) is 5.82 Å². The summed E-state index contributed by atoms with van der Waals surface area (Å²) >= 11 is 5.63. The van der Waals surface area contributed by atoms with Crippen LogP contribution in [0.25, 0.3) is 0 Å². The molecule has 0 aliphatic rings. The van der Waals surface area contributed by atoms with Gasteiger partial charge in [-0.3, -0.25) is 4.79 Å². The first-order chi connectivity index (χ1) is 7.11. The highest BCUT2D eigenvalue weighted by Gasteiger charge is 2.03. The van der Waals surface area contributed by atoms with Crippen LogP contribution in [-0.2, 0) is 4.79 Å². The standard InChI is InChI=1S/C10H12ClFN2O/c1-2-13-6-10(15)14-9-4-7(11)3-8(12)5-9/h3-5,13H,2,6H2,1H3,(H,14,15). The Morgan fingerprint density at radius 3 is 2.80 bits per heavy atom. The van der Waals surface area contributed by atoms with Gasteiger partial charge in [-0.05, 0) is 24.7 Å². The molecule has 0 atom stereocenters. The average molecular weight is 231 g/mol. The molecule has 1 aromatic rings. The Balaban J connectivity index is 2.60. The summed E-state index contributed by atoms with van der Waals surface area (Å²) in [5, 5.41) is 5.65. The normalized spacial score (nSPS) is 10.1. The third-order valence-electron chi connectivity index (χ3n) is 1.68. The van der Waals surface area contributed by atoms with E-state index in [9.17, 15) is 9.18 Å². The van der Waals surface area contributed by atoms with Crippen LogP contribution in [0, 0.1) is 5.82 Å². The number of hydrogen-bond acceptors (Lipinski definition) is 2. The van der Waals surface area contributed by atoms with Crippen molar-refractivity contribution in [3.63, 3.8) is 0 Å². The summed E-state index contributed by atoms with van der Waals surface area (Å²) in [6.45, 7) is 2.80. The lowest BCUT2D eigenvalue weighted by Gasteiger charge is -2.05. The molecule has 0 saturated heterocycles. The van der Waals surface area contributed by atoms with Crippen LogP contribution in [0.15, 0.2) is 18.2 Å². The van der Waals surface area contributed by atoms with Crippen LogP contribution < -0.4 is 10.6 Å². The highest BCUT2D eigenvalue weighted by molar-refractivity contribution is 6.30. The molecule has 0 aliphatic carbocycles. The third-order valence-corrected chi connectivity index (χ3v) is 1.90. The Labute approximate surface area is 92.6 Å². The van der Waals surface area contributed by atoms with Gasteiger partial charge in [-0.1, -0.05) is 18.5 Å².